The van der Waals surface area contributed by atoms with Crippen LogP contribution < -0.4 is 10.5 Å². The van der Waals surface area contributed by atoms with Gasteiger partial charge in [0.15, 0.2) is 0 Å². The van der Waals surface area contributed by atoms with Crippen molar-refractivity contribution in [3.05, 3.63) is 29.8 Å². The van der Waals surface area contributed by atoms with Crippen LogP contribution in [-0.4, -0.2) is 37.7 Å². The topological polar surface area (TPSA) is 38.5 Å². The van der Waals surface area contributed by atoms with E-state index in [0.717, 1.165) is 38.4 Å². The summed E-state index contributed by atoms with van der Waals surface area (Å²) in [6, 6.07) is 8.49. The van der Waals surface area contributed by atoms with E-state index in [2.05, 4.69) is 36.1 Å². The molecule has 2 unspecified atom stereocenters. The van der Waals surface area contributed by atoms with Gasteiger partial charge in [-0.05, 0) is 43.0 Å². The summed E-state index contributed by atoms with van der Waals surface area (Å²) in [4.78, 5) is 2.58. The van der Waals surface area contributed by atoms with Gasteiger partial charge in [0, 0.05) is 19.0 Å². The van der Waals surface area contributed by atoms with Crippen LogP contribution in [0.4, 0.5) is 0 Å². The second-order valence-corrected chi connectivity index (χ2v) is 6.37. The van der Waals surface area contributed by atoms with Gasteiger partial charge in [0.05, 0.1) is 6.61 Å². The lowest BCUT2D eigenvalue weighted by molar-refractivity contribution is 0.219. The standard InChI is InChI=1S/C16H24N2O/c1-16(11-17)7-8-18(12-16)10-13-6-9-19-15-5-3-2-4-14(13)15/h2-5,13H,6-12,17H2,1H3. The molecule has 0 aromatic heterocycles. The maximum Gasteiger partial charge on any atom is 0.122 e. The summed E-state index contributed by atoms with van der Waals surface area (Å²) in [7, 11) is 0. The van der Waals surface area contributed by atoms with Gasteiger partial charge in [-0.2, -0.15) is 0 Å². The number of nitrogens with two attached hydrogens (primary N) is 1. The van der Waals surface area contributed by atoms with Crippen LogP contribution in [0.25, 0.3) is 0 Å². The zero-order valence-electron chi connectivity index (χ0n) is 11.8. The summed E-state index contributed by atoms with van der Waals surface area (Å²) < 4.78 is 5.74. The Balaban J connectivity index is 1.69. The molecule has 3 rings (SSSR count). The number of hydrogen-bond acceptors (Lipinski definition) is 3. The van der Waals surface area contributed by atoms with E-state index in [1.807, 2.05) is 0 Å². The first-order valence-corrected chi connectivity index (χ1v) is 7.34. The van der Waals surface area contributed by atoms with Crippen LogP contribution in [0.5, 0.6) is 5.75 Å². The van der Waals surface area contributed by atoms with E-state index in [1.165, 1.54) is 18.5 Å². The molecule has 2 aliphatic rings. The predicted octanol–water partition coefficient (Wildman–Crippen LogP) is 2.22. The average molecular weight is 260 g/mol. The highest BCUT2D eigenvalue weighted by Gasteiger charge is 2.34. The molecular formula is C16H24N2O. The maximum absolute atomic E-state index is 5.89. The fourth-order valence-electron chi connectivity index (χ4n) is 3.37. The Hall–Kier alpha value is -1.06. The molecule has 1 saturated heterocycles. The van der Waals surface area contributed by atoms with Crippen LogP contribution in [0.3, 0.4) is 0 Å². The zero-order valence-corrected chi connectivity index (χ0v) is 11.8. The van der Waals surface area contributed by atoms with Crippen LogP contribution in [0.2, 0.25) is 0 Å². The van der Waals surface area contributed by atoms with Gasteiger partial charge in [-0.1, -0.05) is 25.1 Å². The van der Waals surface area contributed by atoms with E-state index >= 15 is 0 Å². The first-order chi connectivity index (χ1) is 9.20. The molecule has 2 heterocycles. The third kappa shape index (κ3) is 2.63. The largest absolute Gasteiger partial charge is 0.493 e. The monoisotopic (exact) mass is 260 g/mol. The maximum atomic E-state index is 5.89. The van der Waals surface area contributed by atoms with Crippen molar-refractivity contribution in [2.24, 2.45) is 11.1 Å². The number of fused-ring (bicyclic) bond motifs is 1. The van der Waals surface area contributed by atoms with Gasteiger partial charge in [0.2, 0.25) is 0 Å². The Morgan fingerprint density at radius 3 is 3.05 bits per heavy atom. The number of ether oxygens (including phenoxy) is 1. The number of para-hydroxylation sites is 1. The number of rotatable bonds is 3. The molecule has 0 saturated carbocycles. The van der Waals surface area contributed by atoms with E-state index in [9.17, 15) is 0 Å². The van der Waals surface area contributed by atoms with Crippen molar-refractivity contribution in [1.82, 2.24) is 4.90 Å². The van der Waals surface area contributed by atoms with Gasteiger partial charge in [-0.25, -0.2) is 0 Å². The van der Waals surface area contributed by atoms with Gasteiger partial charge >= 0.3 is 0 Å². The predicted molar refractivity (Wildman–Crippen MR) is 77.5 cm³/mol. The van der Waals surface area contributed by atoms with E-state index in [-0.39, 0.29) is 0 Å². The van der Waals surface area contributed by atoms with E-state index in [0.29, 0.717) is 11.3 Å². The molecule has 1 aromatic rings. The first kappa shape index (κ1) is 12.9. The quantitative estimate of drug-likeness (QED) is 0.905. The van der Waals surface area contributed by atoms with Gasteiger partial charge in [-0.3, -0.25) is 0 Å². The lowest BCUT2D eigenvalue weighted by Crippen LogP contribution is -2.34. The van der Waals surface area contributed by atoms with E-state index in [1.54, 1.807) is 0 Å². The summed E-state index contributed by atoms with van der Waals surface area (Å²) >= 11 is 0. The molecule has 0 amide bonds. The highest BCUT2D eigenvalue weighted by atomic mass is 16.5. The molecule has 2 aliphatic heterocycles. The second-order valence-electron chi connectivity index (χ2n) is 6.37. The van der Waals surface area contributed by atoms with Crippen molar-refractivity contribution in [2.75, 3.05) is 32.8 Å². The summed E-state index contributed by atoms with van der Waals surface area (Å²) in [6.07, 6.45) is 2.36. The SMILES string of the molecule is CC1(CN)CCN(CC2CCOc3ccccc32)C1. The summed E-state index contributed by atoms with van der Waals surface area (Å²) in [5, 5.41) is 0. The Morgan fingerprint density at radius 2 is 2.26 bits per heavy atom. The normalized spacial score (nSPS) is 30.9. The lowest BCUT2D eigenvalue weighted by atomic mass is 9.90. The molecule has 0 bridgehead atoms. The minimum atomic E-state index is 0.324. The summed E-state index contributed by atoms with van der Waals surface area (Å²) in [5.74, 6) is 1.70. The Kier molecular flexibility index (Phi) is 3.50. The van der Waals surface area contributed by atoms with Crippen molar-refractivity contribution < 1.29 is 4.74 Å². The van der Waals surface area contributed by atoms with E-state index < -0.39 is 0 Å². The molecule has 3 nitrogen and oxygen atoms in total. The molecule has 104 valence electrons. The fourth-order valence-corrected chi connectivity index (χ4v) is 3.37. The highest BCUT2D eigenvalue weighted by Crippen LogP contribution is 2.36. The van der Waals surface area contributed by atoms with Gasteiger partial charge < -0.3 is 15.4 Å². The number of nitrogens with zero attached hydrogens (tertiary/aromatic N) is 1. The van der Waals surface area contributed by atoms with Crippen LogP contribution >= 0.6 is 0 Å². The smallest absolute Gasteiger partial charge is 0.122 e. The molecule has 2 atom stereocenters. The third-order valence-corrected chi connectivity index (χ3v) is 4.69. The third-order valence-electron chi connectivity index (χ3n) is 4.69. The van der Waals surface area contributed by atoms with Gasteiger partial charge in [0.25, 0.3) is 0 Å². The van der Waals surface area contributed by atoms with E-state index in [4.69, 9.17) is 10.5 Å². The van der Waals surface area contributed by atoms with Crippen molar-refractivity contribution >= 4 is 0 Å². The van der Waals surface area contributed by atoms with Crippen LogP contribution in [0.15, 0.2) is 24.3 Å². The Labute approximate surface area is 115 Å². The summed E-state index contributed by atoms with van der Waals surface area (Å²) in [6.45, 7) is 7.44. The molecule has 1 fully saturated rings. The Morgan fingerprint density at radius 1 is 1.42 bits per heavy atom. The van der Waals surface area contributed by atoms with Crippen molar-refractivity contribution in [3.63, 3.8) is 0 Å². The number of hydrogen-bond donors (Lipinski definition) is 1. The minimum Gasteiger partial charge on any atom is -0.493 e. The minimum absolute atomic E-state index is 0.324. The van der Waals surface area contributed by atoms with Crippen LogP contribution in [0.1, 0.15) is 31.2 Å². The molecule has 0 radical (unpaired) electrons. The van der Waals surface area contributed by atoms with Crippen molar-refractivity contribution in [1.29, 1.82) is 0 Å². The molecule has 0 aliphatic carbocycles. The molecule has 19 heavy (non-hydrogen) atoms. The Bertz CT molecular complexity index is 448. The number of likely N-dealkylation sites (tertiary alicyclic amines) is 1. The number of benzene rings is 1. The molecule has 2 N–H and O–H groups in total. The van der Waals surface area contributed by atoms with Crippen molar-refractivity contribution in [2.45, 2.75) is 25.7 Å². The van der Waals surface area contributed by atoms with Crippen LogP contribution in [-0.2, 0) is 0 Å². The molecule has 3 heteroatoms. The summed E-state index contributed by atoms with van der Waals surface area (Å²) in [5.41, 5.74) is 7.60. The zero-order chi connectivity index (χ0) is 13.3. The first-order valence-electron chi connectivity index (χ1n) is 7.34. The average Bonchev–Trinajstić information content (AvgIpc) is 2.82. The lowest BCUT2D eigenvalue weighted by Gasteiger charge is -2.30. The molecular weight excluding hydrogens is 236 g/mol. The van der Waals surface area contributed by atoms with Gasteiger partial charge in [0.1, 0.15) is 5.75 Å². The molecule has 1 aromatic carbocycles. The van der Waals surface area contributed by atoms with Gasteiger partial charge in [-0.15, -0.1) is 0 Å². The fraction of sp³-hybridized carbons (Fsp3) is 0.625. The highest BCUT2D eigenvalue weighted by molar-refractivity contribution is 5.38. The van der Waals surface area contributed by atoms with Crippen LogP contribution in [0, 0.1) is 5.41 Å². The second kappa shape index (κ2) is 5.14. The van der Waals surface area contributed by atoms with Crippen molar-refractivity contribution in [3.8, 4) is 5.75 Å². The molecule has 0 spiro atoms.